The summed E-state index contributed by atoms with van der Waals surface area (Å²) in [5.74, 6) is 0.708. The van der Waals surface area contributed by atoms with Crippen molar-refractivity contribution in [2.75, 3.05) is 0 Å². The molecule has 2 heterocycles. The van der Waals surface area contributed by atoms with E-state index in [1.165, 1.54) is 35.9 Å². The summed E-state index contributed by atoms with van der Waals surface area (Å²) < 4.78 is 12.2. The molecule has 6 rings (SSSR count). The van der Waals surface area contributed by atoms with Crippen LogP contribution < -0.4 is 9.47 Å². The summed E-state index contributed by atoms with van der Waals surface area (Å²) in [4.78, 5) is 0. The van der Waals surface area contributed by atoms with Crippen molar-refractivity contribution in [3.05, 3.63) is 88.5 Å². The fourth-order valence-corrected chi connectivity index (χ4v) is 6.41. The van der Waals surface area contributed by atoms with Crippen LogP contribution in [0.2, 0.25) is 0 Å². The van der Waals surface area contributed by atoms with E-state index < -0.39 is 5.75 Å². The average Bonchev–Trinajstić information content (AvgIpc) is 3.00. The third-order valence-electron chi connectivity index (χ3n) is 9.09. The van der Waals surface area contributed by atoms with Gasteiger partial charge >= 0.3 is 0 Å². The first-order valence-corrected chi connectivity index (χ1v) is 15.5. The van der Waals surface area contributed by atoms with Crippen molar-refractivity contribution in [1.82, 2.24) is 0 Å². The highest BCUT2D eigenvalue weighted by molar-refractivity contribution is 5.54. The van der Waals surface area contributed by atoms with Gasteiger partial charge in [-0.3, -0.25) is 0 Å². The molecule has 9 heteroatoms. The molecule has 2 aliphatic heterocycles. The van der Waals surface area contributed by atoms with Gasteiger partial charge < -0.3 is 45.2 Å². The number of phenolic OH excluding ortho intramolecular Hbond substituents is 7. The molecule has 4 aromatic rings. The van der Waals surface area contributed by atoms with Crippen molar-refractivity contribution in [2.24, 2.45) is 23.7 Å². The van der Waals surface area contributed by atoms with Crippen molar-refractivity contribution >= 4 is 0 Å². The summed E-state index contributed by atoms with van der Waals surface area (Å²) in [6.45, 7) is 10.1. The minimum Gasteiger partial charge on any atom is -0.508 e. The first-order chi connectivity index (χ1) is 21.7. The van der Waals surface area contributed by atoms with Crippen LogP contribution in [0.1, 0.15) is 67.7 Å². The molecule has 0 aliphatic carbocycles. The number of rotatable bonds is 4. The van der Waals surface area contributed by atoms with Gasteiger partial charge in [0.25, 0.3) is 0 Å². The third kappa shape index (κ3) is 6.40. The fourth-order valence-electron chi connectivity index (χ4n) is 6.41. The largest absolute Gasteiger partial charge is 0.508 e. The smallest absolute Gasteiger partial charge is 0.200 e. The number of ether oxygens (including phenoxy) is 2. The van der Waals surface area contributed by atoms with Crippen LogP contribution in [-0.2, 0) is 12.8 Å². The highest BCUT2D eigenvalue weighted by Crippen LogP contribution is 2.48. The predicted molar refractivity (Wildman–Crippen MR) is 173 cm³/mol. The second kappa shape index (κ2) is 12.8. The number of hydrogen-bond acceptors (Lipinski definition) is 9. The van der Waals surface area contributed by atoms with Crippen LogP contribution in [0.5, 0.6) is 51.7 Å². The minimum atomic E-state index is -0.499. The number of aromatic hydroxyl groups is 7. The number of fused-ring (bicyclic) bond motifs is 2. The van der Waals surface area contributed by atoms with Crippen molar-refractivity contribution in [2.45, 2.75) is 59.7 Å². The Bertz CT molecular complexity index is 1680. The molecule has 0 aromatic heterocycles. The molecule has 0 saturated carbocycles. The maximum absolute atomic E-state index is 10.1. The van der Waals surface area contributed by atoms with Crippen molar-refractivity contribution in [1.29, 1.82) is 0 Å². The second-order valence-electron chi connectivity index (χ2n) is 13.0. The first kappa shape index (κ1) is 32.5. The van der Waals surface area contributed by atoms with Gasteiger partial charge in [-0.1, -0.05) is 45.9 Å². The van der Waals surface area contributed by atoms with Gasteiger partial charge in [-0.05, 0) is 78.6 Å². The molecule has 4 unspecified atom stereocenters. The number of aryl methyl sites for hydroxylation is 1. The molecule has 0 spiro atoms. The Hall–Kier alpha value is -4.92. The predicted octanol–water partition coefficient (Wildman–Crippen LogP) is 7.52. The summed E-state index contributed by atoms with van der Waals surface area (Å²) in [6, 6.07) is 17.0. The molecule has 7 N–H and O–H groups in total. The summed E-state index contributed by atoms with van der Waals surface area (Å²) in [7, 11) is 0. The lowest BCUT2D eigenvalue weighted by Crippen LogP contribution is -2.29. The molecule has 0 radical (unpaired) electrons. The topological polar surface area (TPSA) is 160 Å². The number of para-hydroxylation sites is 1. The summed E-state index contributed by atoms with van der Waals surface area (Å²) in [6.07, 6.45) is 0.863. The van der Waals surface area contributed by atoms with Gasteiger partial charge in [-0.25, -0.2) is 0 Å². The quantitative estimate of drug-likeness (QED) is 0.113. The Morgan fingerprint density at radius 3 is 1.70 bits per heavy atom. The van der Waals surface area contributed by atoms with Crippen LogP contribution in [-0.4, -0.2) is 35.7 Å². The average molecular weight is 631 g/mol. The van der Waals surface area contributed by atoms with Crippen LogP contribution in [0.3, 0.4) is 0 Å². The Labute approximate surface area is 268 Å². The molecular formula is C37H42O9. The fraction of sp³-hybridized carbons (Fsp3) is 0.351. The minimum absolute atomic E-state index is 0.0267. The van der Waals surface area contributed by atoms with Crippen molar-refractivity contribution in [3.8, 4) is 51.7 Å². The highest BCUT2D eigenvalue weighted by atomic mass is 16.5. The first-order valence-electron chi connectivity index (χ1n) is 15.5. The van der Waals surface area contributed by atoms with Crippen molar-refractivity contribution in [3.63, 3.8) is 0 Å². The van der Waals surface area contributed by atoms with Gasteiger partial charge in [0.05, 0.1) is 0 Å². The Kier molecular flexibility index (Phi) is 9.06. The van der Waals surface area contributed by atoms with E-state index in [9.17, 15) is 35.7 Å². The normalized spacial score (nSPS) is 20.2. The third-order valence-corrected chi connectivity index (χ3v) is 9.09. The zero-order valence-corrected chi connectivity index (χ0v) is 26.6. The Morgan fingerprint density at radius 1 is 0.587 bits per heavy atom. The van der Waals surface area contributed by atoms with Crippen LogP contribution in [0, 0.1) is 30.6 Å². The standard InChI is InChI=1S/C19H22O5.C18H20O4/c1-9(2)13-8-14-15(21)6-12(20)7-17(14)24-19(13)11-4-10(3)18(23)16(22)5-11;1-10(2)13-7-11-5-3-4-6-16(11)22-18(13)12-8-14(19)17(21)15(20)9-12/h4-7,9,13,19-23H,8H2,1-3H3;3-6,8-10,13,18-21H,7H2,1-2H3. The van der Waals surface area contributed by atoms with Crippen molar-refractivity contribution < 1.29 is 45.2 Å². The SMILES string of the molecule is CC(C)C1Cc2ccccc2OC1c1cc(O)c(O)c(O)c1.Cc1cc(C2Oc3cc(O)cc(O)c3CC2C(C)C)cc(O)c1O. The molecule has 4 atom stereocenters. The van der Waals surface area contributed by atoms with Crippen LogP contribution in [0.25, 0.3) is 0 Å². The lowest BCUT2D eigenvalue weighted by molar-refractivity contribution is 0.0831. The van der Waals surface area contributed by atoms with Crippen LogP contribution in [0.15, 0.2) is 60.7 Å². The zero-order valence-electron chi connectivity index (χ0n) is 26.6. The van der Waals surface area contributed by atoms with E-state index in [-0.39, 0.29) is 64.5 Å². The summed E-state index contributed by atoms with van der Waals surface area (Å²) >= 11 is 0. The Balaban J connectivity index is 0.000000182. The highest BCUT2D eigenvalue weighted by Gasteiger charge is 2.36. The number of hydrogen-bond donors (Lipinski definition) is 7. The lowest BCUT2D eigenvalue weighted by Gasteiger charge is -2.36. The molecule has 0 fully saturated rings. The molecule has 9 nitrogen and oxygen atoms in total. The lowest BCUT2D eigenvalue weighted by atomic mass is 9.79. The van der Waals surface area contributed by atoms with Gasteiger partial charge in [0, 0.05) is 35.1 Å². The zero-order chi connectivity index (χ0) is 33.4. The van der Waals surface area contributed by atoms with Gasteiger partial charge in [-0.15, -0.1) is 0 Å². The van der Waals surface area contributed by atoms with Crippen LogP contribution >= 0.6 is 0 Å². The molecule has 0 amide bonds. The molecule has 46 heavy (non-hydrogen) atoms. The van der Waals surface area contributed by atoms with E-state index in [4.69, 9.17) is 9.47 Å². The van der Waals surface area contributed by atoms with E-state index in [0.29, 0.717) is 34.8 Å². The van der Waals surface area contributed by atoms with E-state index in [1.807, 2.05) is 18.2 Å². The van der Waals surface area contributed by atoms with Gasteiger partial charge in [0.1, 0.15) is 35.2 Å². The monoisotopic (exact) mass is 630 g/mol. The number of phenols is 7. The van der Waals surface area contributed by atoms with Gasteiger partial charge in [0.15, 0.2) is 28.7 Å². The molecule has 4 aromatic carbocycles. The second-order valence-corrected chi connectivity index (χ2v) is 13.0. The van der Waals surface area contributed by atoms with Gasteiger partial charge in [0.2, 0.25) is 0 Å². The molecular weight excluding hydrogens is 588 g/mol. The molecule has 2 aliphatic rings. The maximum Gasteiger partial charge on any atom is 0.200 e. The summed E-state index contributed by atoms with van der Waals surface area (Å²) in [5, 5.41) is 68.6. The van der Waals surface area contributed by atoms with Gasteiger partial charge in [-0.2, -0.15) is 0 Å². The molecule has 244 valence electrons. The van der Waals surface area contributed by atoms with Crippen LogP contribution in [0.4, 0.5) is 0 Å². The van der Waals surface area contributed by atoms with E-state index in [0.717, 1.165) is 17.7 Å². The van der Waals surface area contributed by atoms with E-state index >= 15 is 0 Å². The number of benzene rings is 4. The summed E-state index contributed by atoms with van der Waals surface area (Å²) in [5.41, 5.74) is 3.85. The Morgan fingerprint density at radius 2 is 1.11 bits per heavy atom. The molecule has 0 saturated heterocycles. The van der Waals surface area contributed by atoms with E-state index in [1.54, 1.807) is 13.0 Å². The maximum atomic E-state index is 10.1. The van der Waals surface area contributed by atoms with E-state index in [2.05, 4.69) is 33.8 Å². The molecule has 0 bridgehead atoms.